The van der Waals surface area contributed by atoms with Crippen molar-refractivity contribution in [3.05, 3.63) is 64.9 Å². The molecule has 0 atom stereocenters. The molecule has 0 saturated carbocycles. The Kier molecular flexibility index (Phi) is 5.59. The molecule has 0 aromatic heterocycles. The van der Waals surface area contributed by atoms with Gasteiger partial charge in [0.15, 0.2) is 0 Å². The highest BCUT2D eigenvalue weighted by atomic mass is 16.5. The fourth-order valence-corrected chi connectivity index (χ4v) is 4.07. The van der Waals surface area contributed by atoms with Crippen molar-refractivity contribution in [3.63, 3.8) is 0 Å². The van der Waals surface area contributed by atoms with Crippen LogP contribution in [-0.4, -0.2) is 49.6 Å². The number of aryl methyl sites for hydroxylation is 2. The minimum Gasteiger partial charge on any atom is -0.492 e. The van der Waals surface area contributed by atoms with Gasteiger partial charge in [-0.05, 0) is 44.0 Å². The largest absolute Gasteiger partial charge is 0.492 e. The average Bonchev–Trinajstić information content (AvgIpc) is 2.99. The Morgan fingerprint density at radius 1 is 1.00 bits per heavy atom. The Morgan fingerprint density at radius 2 is 1.73 bits per heavy atom. The molecule has 30 heavy (non-hydrogen) atoms. The molecule has 2 amide bonds. The number of anilines is 1. The molecule has 156 valence electrons. The molecule has 2 aliphatic rings. The Morgan fingerprint density at radius 3 is 2.43 bits per heavy atom. The van der Waals surface area contributed by atoms with Crippen LogP contribution in [0.5, 0.6) is 5.75 Å². The van der Waals surface area contributed by atoms with Crippen LogP contribution in [0.25, 0.3) is 5.57 Å². The normalized spacial score (nSPS) is 17.2. The van der Waals surface area contributed by atoms with Gasteiger partial charge in [0.2, 0.25) is 0 Å². The third-order valence-electron chi connectivity index (χ3n) is 5.44. The highest BCUT2D eigenvalue weighted by molar-refractivity contribution is 6.45. The monoisotopic (exact) mass is 406 g/mol. The summed E-state index contributed by atoms with van der Waals surface area (Å²) in [7, 11) is 0. The molecule has 0 N–H and O–H groups in total. The van der Waals surface area contributed by atoms with Crippen LogP contribution < -0.4 is 9.64 Å². The first kappa shape index (κ1) is 20.2. The molecular formula is C24H26N2O4. The third-order valence-corrected chi connectivity index (χ3v) is 5.44. The number of ether oxygens (including phenoxy) is 2. The SMILES string of the molecule is CCOc1ccccc1N1C(=O)C(c2ccc(C)cc2C)=C(N2CCOCC2)C1=O. The Balaban J connectivity index is 1.86. The third kappa shape index (κ3) is 3.48. The van der Waals surface area contributed by atoms with Crippen molar-refractivity contribution in [2.75, 3.05) is 37.8 Å². The van der Waals surface area contributed by atoms with E-state index in [2.05, 4.69) is 0 Å². The van der Waals surface area contributed by atoms with Crippen LogP contribution in [-0.2, 0) is 14.3 Å². The van der Waals surface area contributed by atoms with E-state index in [1.54, 1.807) is 12.1 Å². The van der Waals surface area contributed by atoms with Crippen LogP contribution in [0, 0.1) is 13.8 Å². The first-order valence-corrected chi connectivity index (χ1v) is 10.3. The molecule has 2 aromatic rings. The summed E-state index contributed by atoms with van der Waals surface area (Å²) in [5.41, 5.74) is 4.24. The number of nitrogens with zero attached hydrogens (tertiary/aromatic N) is 2. The summed E-state index contributed by atoms with van der Waals surface area (Å²) in [5, 5.41) is 0. The smallest absolute Gasteiger partial charge is 0.282 e. The van der Waals surface area contributed by atoms with E-state index in [1.807, 2.05) is 56.0 Å². The highest BCUT2D eigenvalue weighted by Crippen LogP contribution is 2.39. The Bertz CT molecular complexity index is 1020. The van der Waals surface area contributed by atoms with Crippen molar-refractivity contribution in [1.82, 2.24) is 4.90 Å². The Hall–Kier alpha value is -3.12. The van der Waals surface area contributed by atoms with Crippen LogP contribution in [0.2, 0.25) is 0 Å². The van der Waals surface area contributed by atoms with Crippen molar-refractivity contribution in [1.29, 1.82) is 0 Å². The number of imide groups is 1. The van der Waals surface area contributed by atoms with E-state index >= 15 is 0 Å². The average molecular weight is 406 g/mol. The molecule has 6 nitrogen and oxygen atoms in total. The second-order valence-electron chi connectivity index (χ2n) is 7.49. The number of carbonyl (C=O) groups excluding carboxylic acids is 2. The lowest BCUT2D eigenvalue weighted by Gasteiger charge is -2.30. The van der Waals surface area contributed by atoms with Gasteiger partial charge in [-0.1, -0.05) is 35.9 Å². The summed E-state index contributed by atoms with van der Waals surface area (Å²) in [6.45, 7) is 8.51. The van der Waals surface area contributed by atoms with Gasteiger partial charge in [-0.3, -0.25) is 9.59 Å². The lowest BCUT2D eigenvalue weighted by atomic mass is 9.97. The van der Waals surface area contributed by atoms with Gasteiger partial charge in [0, 0.05) is 13.1 Å². The molecule has 6 heteroatoms. The summed E-state index contributed by atoms with van der Waals surface area (Å²) >= 11 is 0. The maximum atomic E-state index is 13.7. The highest BCUT2D eigenvalue weighted by Gasteiger charge is 2.44. The fraction of sp³-hybridized carbons (Fsp3) is 0.333. The molecule has 0 spiro atoms. The molecule has 0 unspecified atom stereocenters. The molecule has 0 aliphatic carbocycles. The van der Waals surface area contributed by atoms with Gasteiger partial charge in [-0.2, -0.15) is 0 Å². The Labute approximate surface area is 176 Å². The van der Waals surface area contributed by atoms with Crippen molar-refractivity contribution in [2.24, 2.45) is 0 Å². The number of morpholine rings is 1. The number of hydrogen-bond acceptors (Lipinski definition) is 5. The summed E-state index contributed by atoms with van der Waals surface area (Å²) in [6, 6.07) is 13.1. The fourth-order valence-electron chi connectivity index (χ4n) is 4.07. The number of amides is 2. The van der Waals surface area contributed by atoms with Crippen LogP contribution in [0.1, 0.15) is 23.6 Å². The number of benzene rings is 2. The first-order chi connectivity index (χ1) is 14.5. The first-order valence-electron chi connectivity index (χ1n) is 10.3. The second-order valence-corrected chi connectivity index (χ2v) is 7.49. The van der Waals surface area contributed by atoms with E-state index in [0.29, 0.717) is 55.6 Å². The van der Waals surface area contributed by atoms with E-state index in [1.165, 1.54) is 4.90 Å². The van der Waals surface area contributed by atoms with E-state index in [9.17, 15) is 9.59 Å². The van der Waals surface area contributed by atoms with Crippen molar-refractivity contribution in [2.45, 2.75) is 20.8 Å². The molecule has 2 aromatic carbocycles. The van der Waals surface area contributed by atoms with E-state index in [4.69, 9.17) is 9.47 Å². The van der Waals surface area contributed by atoms with Gasteiger partial charge < -0.3 is 14.4 Å². The molecular weight excluding hydrogens is 380 g/mol. The van der Waals surface area contributed by atoms with Crippen LogP contribution in [0.4, 0.5) is 5.69 Å². The van der Waals surface area contributed by atoms with Gasteiger partial charge in [-0.15, -0.1) is 0 Å². The molecule has 0 bridgehead atoms. The zero-order chi connectivity index (χ0) is 21.3. The molecule has 1 saturated heterocycles. The minimum absolute atomic E-state index is 0.316. The molecule has 2 heterocycles. The number of carbonyl (C=O) groups is 2. The lowest BCUT2D eigenvalue weighted by molar-refractivity contribution is -0.121. The van der Waals surface area contributed by atoms with Gasteiger partial charge in [-0.25, -0.2) is 4.90 Å². The van der Waals surface area contributed by atoms with Gasteiger partial charge in [0.25, 0.3) is 11.8 Å². The van der Waals surface area contributed by atoms with Crippen molar-refractivity contribution in [3.8, 4) is 5.75 Å². The topological polar surface area (TPSA) is 59.1 Å². The van der Waals surface area contributed by atoms with Crippen LogP contribution in [0.3, 0.4) is 0 Å². The van der Waals surface area contributed by atoms with E-state index < -0.39 is 0 Å². The summed E-state index contributed by atoms with van der Waals surface area (Å²) in [4.78, 5) is 30.6. The number of para-hydroxylation sites is 2. The maximum absolute atomic E-state index is 13.7. The summed E-state index contributed by atoms with van der Waals surface area (Å²) in [5.74, 6) is -0.116. The van der Waals surface area contributed by atoms with Gasteiger partial charge in [0.1, 0.15) is 11.4 Å². The molecule has 0 radical (unpaired) electrons. The second kappa shape index (κ2) is 8.32. The minimum atomic E-state index is -0.319. The van der Waals surface area contributed by atoms with Gasteiger partial charge >= 0.3 is 0 Å². The summed E-state index contributed by atoms with van der Waals surface area (Å²) in [6.07, 6.45) is 0. The van der Waals surface area contributed by atoms with E-state index in [-0.39, 0.29) is 11.8 Å². The van der Waals surface area contributed by atoms with Crippen molar-refractivity contribution >= 4 is 23.1 Å². The zero-order valence-corrected chi connectivity index (χ0v) is 17.6. The number of rotatable bonds is 5. The predicted molar refractivity (Wildman–Crippen MR) is 115 cm³/mol. The quantitative estimate of drug-likeness (QED) is 0.713. The molecule has 2 aliphatic heterocycles. The zero-order valence-electron chi connectivity index (χ0n) is 17.6. The van der Waals surface area contributed by atoms with Crippen LogP contribution in [0.15, 0.2) is 48.2 Å². The standard InChI is InChI=1S/C24H26N2O4/c1-4-30-20-8-6-5-7-19(20)26-23(27)21(18-10-9-16(2)15-17(18)3)22(24(26)28)25-11-13-29-14-12-25/h5-10,15H,4,11-14H2,1-3H3. The summed E-state index contributed by atoms with van der Waals surface area (Å²) < 4.78 is 11.2. The lowest BCUT2D eigenvalue weighted by Crippen LogP contribution is -2.40. The predicted octanol–water partition coefficient (Wildman–Crippen LogP) is 3.32. The maximum Gasteiger partial charge on any atom is 0.282 e. The van der Waals surface area contributed by atoms with E-state index in [0.717, 1.165) is 16.7 Å². The van der Waals surface area contributed by atoms with Gasteiger partial charge in [0.05, 0.1) is 31.1 Å². The van der Waals surface area contributed by atoms with Crippen molar-refractivity contribution < 1.29 is 19.1 Å². The van der Waals surface area contributed by atoms with Crippen LogP contribution >= 0.6 is 0 Å². The molecule has 1 fully saturated rings. The molecule has 4 rings (SSSR count). The number of hydrogen-bond donors (Lipinski definition) is 0.